The third kappa shape index (κ3) is 2.39. The van der Waals surface area contributed by atoms with Crippen LogP contribution in [-0.4, -0.2) is 61.2 Å². The van der Waals surface area contributed by atoms with Crippen LogP contribution in [0, 0.1) is 0 Å². The number of hydrogen-bond donors (Lipinski definition) is 0. The normalized spacial score (nSPS) is 58.1. The average Bonchev–Trinajstić information content (AvgIpc) is 3.24. The van der Waals surface area contributed by atoms with Crippen LogP contribution in [0.3, 0.4) is 0 Å². The van der Waals surface area contributed by atoms with Crippen molar-refractivity contribution in [3.05, 3.63) is 0 Å². The summed E-state index contributed by atoms with van der Waals surface area (Å²) >= 11 is 0. The second kappa shape index (κ2) is 4.21. The summed E-state index contributed by atoms with van der Waals surface area (Å²) in [4.78, 5) is 0. The lowest BCUT2D eigenvalue weighted by Crippen LogP contribution is -2.71. The van der Waals surface area contributed by atoms with Gasteiger partial charge in [-0.05, 0) is 0 Å². The first-order valence-electron chi connectivity index (χ1n) is 8.29. The molecule has 2 saturated heterocycles. The van der Waals surface area contributed by atoms with Crippen molar-refractivity contribution in [2.75, 3.05) is 26.4 Å². The Bertz CT molecular complexity index is 435. The molecule has 22 heavy (non-hydrogen) atoms. The van der Waals surface area contributed by atoms with Crippen molar-refractivity contribution in [3.8, 4) is 0 Å². The molecule has 2 aliphatic heterocycles. The first kappa shape index (κ1) is 14.1. The van der Waals surface area contributed by atoms with Crippen LogP contribution < -0.4 is 0 Å². The summed E-state index contributed by atoms with van der Waals surface area (Å²) in [7, 11) is 0. The minimum Gasteiger partial charge on any atom is -0.372 e. The first-order valence-corrected chi connectivity index (χ1v) is 8.29. The molecule has 0 radical (unpaired) electrons. The summed E-state index contributed by atoms with van der Waals surface area (Å²) in [6.07, 6.45) is 1.98. The zero-order valence-electron chi connectivity index (χ0n) is 12.6. The first-order chi connectivity index (χ1) is 10.4. The number of ether oxygens (including phenoxy) is 4. The molecule has 4 bridgehead atoms. The standard InChI is InChI=1S/C16H22F2O4/c17-13-5-14(18)7-15(6-13,21-3-11-1-19-11)10-16(8-13,9-14)22-4-12-2-20-12/h11-12H,1-10H2. The molecule has 124 valence electrons. The van der Waals surface area contributed by atoms with E-state index in [1.807, 2.05) is 0 Å². The molecule has 6 fully saturated rings. The highest BCUT2D eigenvalue weighted by Gasteiger charge is 2.71. The van der Waals surface area contributed by atoms with Gasteiger partial charge in [-0.3, -0.25) is 0 Å². The fraction of sp³-hybridized carbons (Fsp3) is 1.00. The zero-order chi connectivity index (χ0) is 15.1. The van der Waals surface area contributed by atoms with Crippen LogP contribution in [0.15, 0.2) is 0 Å². The molecule has 4 nitrogen and oxygen atoms in total. The third-order valence-corrected chi connectivity index (χ3v) is 5.79. The summed E-state index contributed by atoms with van der Waals surface area (Å²) in [5.41, 5.74) is -4.46. The molecule has 4 saturated carbocycles. The van der Waals surface area contributed by atoms with E-state index in [0.29, 0.717) is 58.5 Å². The summed E-state index contributed by atoms with van der Waals surface area (Å²) in [6, 6.07) is 0. The summed E-state index contributed by atoms with van der Waals surface area (Å²) in [5, 5.41) is 0. The van der Waals surface area contributed by atoms with Gasteiger partial charge < -0.3 is 18.9 Å². The van der Waals surface area contributed by atoms with Crippen molar-refractivity contribution in [2.45, 2.75) is 73.3 Å². The molecule has 0 aromatic rings. The number of epoxide rings is 2. The minimum atomic E-state index is -1.50. The van der Waals surface area contributed by atoms with Crippen molar-refractivity contribution in [1.29, 1.82) is 0 Å². The summed E-state index contributed by atoms with van der Waals surface area (Å²) in [6.45, 7) is 2.26. The molecular formula is C16H22F2O4. The monoisotopic (exact) mass is 316 g/mol. The lowest BCUT2D eigenvalue weighted by atomic mass is 9.49. The van der Waals surface area contributed by atoms with Gasteiger partial charge in [-0.1, -0.05) is 0 Å². The molecule has 0 amide bonds. The molecule has 0 spiro atoms. The Morgan fingerprint density at radius 2 is 1.14 bits per heavy atom. The van der Waals surface area contributed by atoms with Crippen molar-refractivity contribution in [1.82, 2.24) is 0 Å². The Hall–Kier alpha value is -0.300. The molecule has 6 rings (SSSR count). The molecule has 0 aromatic carbocycles. The summed E-state index contributed by atoms with van der Waals surface area (Å²) in [5.74, 6) is 0. The second-order valence-corrected chi connectivity index (χ2v) is 8.26. The third-order valence-electron chi connectivity index (χ3n) is 5.79. The Morgan fingerprint density at radius 3 is 1.50 bits per heavy atom. The van der Waals surface area contributed by atoms with E-state index < -0.39 is 22.5 Å². The van der Waals surface area contributed by atoms with Crippen molar-refractivity contribution in [3.63, 3.8) is 0 Å². The molecule has 6 aliphatic rings. The van der Waals surface area contributed by atoms with Crippen molar-refractivity contribution < 1.29 is 27.7 Å². The number of hydrogen-bond acceptors (Lipinski definition) is 4. The molecule has 4 aliphatic carbocycles. The summed E-state index contributed by atoms with van der Waals surface area (Å²) < 4.78 is 52.9. The van der Waals surface area contributed by atoms with Crippen LogP contribution in [0.25, 0.3) is 0 Å². The Kier molecular flexibility index (Phi) is 2.69. The van der Waals surface area contributed by atoms with Crippen LogP contribution in [0.1, 0.15) is 38.5 Å². The second-order valence-electron chi connectivity index (χ2n) is 8.26. The maximum Gasteiger partial charge on any atom is 0.119 e. The van der Waals surface area contributed by atoms with E-state index in [0.717, 1.165) is 0 Å². The van der Waals surface area contributed by atoms with Crippen LogP contribution in [0.5, 0.6) is 0 Å². The topological polar surface area (TPSA) is 43.5 Å². The molecule has 0 N–H and O–H groups in total. The Labute approximate surface area is 128 Å². The maximum atomic E-state index is 15.2. The fourth-order valence-electron chi connectivity index (χ4n) is 5.39. The lowest BCUT2D eigenvalue weighted by Gasteiger charge is -2.64. The lowest BCUT2D eigenvalue weighted by molar-refractivity contribution is -0.289. The van der Waals surface area contributed by atoms with Gasteiger partial charge >= 0.3 is 0 Å². The highest BCUT2D eigenvalue weighted by atomic mass is 19.2. The van der Waals surface area contributed by atoms with Crippen LogP contribution in [0.4, 0.5) is 8.78 Å². The van der Waals surface area contributed by atoms with E-state index in [1.165, 1.54) is 0 Å². The van der Waals surface area contributed by atoms with Gasteiger partial charge in [0.1, 0.15) is 23.5 Å². The van der Waals surface area contributed by atoms with Gasteiger partial charge in [-0.2, -0.15) is 0 Å². The molecule has 0 aromatic heterocycles. The minimum absolute atomic E-state index is 0.00389. The quantitative estimate of drug-likeness (QED) is 0.704. The maximum absolute atomic E-state index is 15.2. The van der Waals surface area contributed by atoms with Crippen LogP contribution in [-0.2, 0) is 18.9 Å². The number of alkyl halides is 2. The van der Waals surface area contributed by atoms with Gasteiger partial charge in [-0.25, -0.2) is 8.78 Å². The van der Waals surface area contributed by atoms with Gasteiger partial charge in [0.25, 0.3) is 0 Å². The van der Waals surface area contributed by atoms with E-state index in [9.17, 15) is 0 Å². The van der Waals surface area contributed by atoms with Gasteiger partial charge in [0.15, 0.2) is 0 Å². The Morgan fingerprint density at radius 1 is 0.727 bits per heavy atom. The predicted octanol–water partition coefficient (Wildman–Crippen LogP) is 2.09. The number of halogens is 2. The highest BCUT2D eigenvalue weighted by Crippen LogP contribution is 2.65. The largest absolute Gasteiger partial charge is 0.372 e. The van der Waals surface area contributed by atoms with E-state index in [1.54, 1.807) is 0 Å². The average molecular weight is 316 g/mol. The predicted molar refractivity (Wildman–Crippen MR) is 72.2 cm³/mol. The smallest absolute Gasteiger partial charge is 0.119 e. The molecule has 2 unspecified atom stereocenters. The molecule has 6 heteroatoms. The molecule has 2 atom stereocenters. The fourth-order valence-corrected chi connectivity index (χ4v) is 5.39. The van der Waals surface area contributed by atoms with E-state index in [4.69, 9.17) is 18.9 Å². The molecule has 2 heterocycles. The highest BCUT2D eigenvalue weighted by molar-refractivity contribution is 5.22. The van der Waals surface area contributed by atoms with Gasteiger partial charge in [0.05, 0.1) is 37.6 Å². The van der Waals surface area contributed by atoms with Crippen molar-refractivity contribution in [2.24, 2.45) is 0 Å². The number of rotatable bonds is 6. The van der Waals surface area contributed by atoms with Gasteiger partial charge in [-0.15, -0.1) is 0 Å². The van der Waals surface area contributed by atoms with E-state index >= 15 is 8.78 Å². The Balaban J connectivity index is 1.41. The van der Waals surface area contributed by atoms with E-state index in [-0.39, 0.29) is 18.6 Å². The van der Waals surface area contributed by atoms with Gasteiger partial charge in [0, 0.05) is 38.5 Å². The van der Waals surface area contributed by atoms with E-state index in [2.05, 4.69) is 0 Å². The zero-order valence-corrected chi connectivity index (χ0v) is 12.6. The van der Waals surface area contributed by atoms with Crippen LogP contribution >= 0.6 is 0 Å². The van der Waals surface area contributed by atoms with Crippen molar-refractivity contribution >= 4 is 0 Å². The SMILES string of the molecule is FC12CC3(F)CC(OCC4CO4)(C1)CC(OCC1CO1)(C2)C3. The van der Waals surface area contributed by atoms with Crippen LogP contribution in [0.2, 0.25) is 0 Å². The van der Waals surface area contributed by atoms with Gasteiger partial charge in [0.2, 0.25) is 0 Å². The molecular weight excluding hydrogens is 294 g/mol.